The Hall–Kier alpha value is -1.94. The lowest BCUT2D eigenvalue weighted by atomic mass is 10.1. The molecule has 1 aromatic rings. The van der Waals surface area contributed by atoms with Crippen LogP contribution in [-0.4, -0.2) is 25.0 Å². The van der Waals surface area contributed by atoms with E-state index < -0.39 is 12.1 Å². The van der Waals surface area contributed by atoms with Crippen molar-refractivity contribution in [3.8, 4) is 0 Å². The van der Waals surface area contributed by atoms with Crippen LogP contribution in [0.5, 0.6) is 0 Å². The lowest BCUT2D eigenvalue weighted by Crippen LogP contribution is -2.24. The third kappa shape index (κ3) is 6.22. The van der Waals surface area contributed by atoms with Crippen LogP contribution >= 0.6 is 0 Å². The van der Waals surface area contributed by atoms with Crippen LogP contribution in [0.25, 0.3) is 0 Å². The number of hydrogen-bond acceptors (Lipinski definition) is 4. The summed E-state index contributed by atoms with van der Waals surface area (Å²) in [4.78, 5) is 23.3. The van der Waals surface area contributed by atoms with Crippen molar-refractivity contribution in [1.29, 1.82) is 0 Å². The van der Waals surface area contributed by atoms with Gasteiger partial charge in [-0.3, -0.25) is 0 Å². The van der Waals surface area contributed by atoms with E-state index in [1.54, 1.807) is 13.0 Å². The topological polar surface area (TPSA) is 52.6 Å². The molecule has 0 fully saturated rings. The second-order valence-electron chi connectivity index (χ2n) is 5.20. The van der Waals surface area contributed by atoms with Crippen molar-refractivity contribution in [3.63, 3.8) is 0 Å². The molecule has 0 spiro atoms. The van der Waals surface area contributed by atoms with E-state index >= 15 is 0 Å². The lowest BCUT2D eigenvalue weighted by molar-refractivity contribution is -0.161. The lowest BCUT2D eigenvalue weighted by Gasteiger charge is -2.20. The van der Waals surface area contributed by atoms with Crippen LogP contribution in [0.4, 0.5) is 0 Å². The summed E-state index contributed by atoms with van der Waals surface area (Å²) in [6.45, 7) is 5.25. The number of ketones is 1. The molecule has 0 aliphatic heterocycles. The molecule has 120 valence electrons. The van der Waals surface area contributed by atoms with Crippen LogP contribution in [0.15, 0.2) is 43.0 Å². The zero-order valence-corrected chi connectivity index (χ0v) is 13.3. The first-order valence-electron chi connectivity index (χ1n) is 7.47. The van der Waals surface area contributed by atoms with Crippen molar-refractivity contribution >= 4 is 11.8 Å². The zero-order chi connectivity index (χ0) is 16.4. The van der Waals surface area contributed by atoms with Gasteiger partial charge in [-0.25, -0.2) is 4.79 Å². The number of Topliss-reactive ketones (excluding diaryl/α,β-unsaturated/α-hetero) is 1. The van der Waals surface area contributed by atoms with E-state index in [1.165, 1.54) is 7.11 Å². The first kappa shape index (κ1) is 18.1. The molecule has 22 heavy (non-hydrogen) atoms. The Morgan fingerprint density at radius 1 is 1.27 bits per heavy atom. The van der Waals surface area contributed by atoms with Crippen molar-refractivity contribution in [2.45, 2.75) is 44.8 Å². The molecule has 0 amide bonds. The summed E-state index contributed by atoms with van der Waals surface area (Å²) < 4.78 is 10.8. The molecule has 0 heterocycles. The molecule has 0 radical (unpaired) electrons. The standard InChI is InChI=1S/C18H24O4/c1-4-9-16(13-8-10-14(2)19)22-18(20)17(21-3)15-11-6-5-7-12-15/h4-7,11-12,16-17H,1,8-10,13H2,2-3H3. The molecule has 0 aromatic heterocycles. The Bertz CT molecular complexity index is 481. The number of hydrogen-bond donors (Lipinski definition) is 0. The fourth-order valence-electron chi connectivity index (χ4n) is 2.21. The van der Waals surface area contributed by atoms with E-state index in [9.17, 15) is 9.59 Å². The van der Waals surface area contributed by atoms with Crippen LogP contribution < -0.4 is 0 Å². The summed E-state index contributed by atoms with van der Waals surface area (Å²) in [6, 6.07) is 9.23. The first-order valence-corrected chi connectivity index (χ1v) is 7.47. The molecule has 2 unspecified atom stereocenters. The molecule has 0 aliphatic carbocycles. The minimum absolute atomic E-state index is 0.141. The molecule has 4 heteroatoms. The average Bonchev–Trinajstić information content (AvgIpc) is 2.49. The number of esters is 1. The molecule has 0 saturated carbocycles. The van der Waals surface area contributed by atoms with E-state index in [0.29, 0.717) is 25.7 Å². The fourth-order valence-corrected chi connectivity index (χ4v) is 2.21. The van der Waals surface area contributed by atoms with Crippen molar-refractivity contribution in [2.75, 3.05) is 7.11 Å². The van der Waals surface area contributed by atoms with Crippen molar-refractivity contribution < 1.29 is 19.1 Å². The molecule has 0 aliphatic rings. The number of carbonyl (C=O) groups excluding carboxylic acids is 2. The number of methoxy groups -OCH3 is 1. The summed E-state index contributed by atoms with van der Waals surface area (Å²) >= 11 is 0. The van der Waals surface area contributed by atoms with Gasteiger partial charge in [0.05, 0.1) is 0 Å². The summed E-state index contributed by atoms with van der Waals surface area (Å²) in [5.74, 6) is -0.272. The van der Waals surface area contributed by atoms with E-state index in [0.717, 1.165) is 5.56 Å². The number of ether oxygens (including phenoxy) is 2. The quantitative estimate of drug-likeness (QED) is 0.489. The zero-order valence-electron chi connectivity index (χ0n) is 13.3. The molecular weight excluding hydrogens is 280 g/mol. The van der Waals surface area contributed by atoms with Gasteiger partial charge in [-0.1, -0.05) is 36.4 Å². The Balaban J connectivity index is 2.64. The predicted octanol–water partition coefficient (Wildman–Crippen LogP) is 3.62. The van der Waals surface area contributed by atoms with Gasteiger partial charge in [0.15, 0.2) is 6.10 Å². The van der Waals surface area contributed by atoms with Gasteiger partial charge in [0.1, 0.15) is 11.9 Å². The van der Waals surface area contributed by atoms with E-state index in [1.807, 2.05) is 30.3 Å². The maximum atomic E-state index is 12.3. The van der Waals surface area contributed by atoms with E-state index in [2.05, 4.69) is 6.58 Å². The largest absolute Gasteiger partial charge is 0.460 e. The van der Waals surface area contributed by atoms with Crippen molar-refractivity contribution in [1.82, 2.24) is 0 Å². The van der Waals surface area contributed by atoms with Gasteiger partial charge in [0, 0.05) is 20.0 Å². The second-order valence-corrected chi connectivity index (χ2v) is 5.20. The smallest absolute Gasteiger partial charge is 0.340 e. The van der Waals surface area contributed by atoms with Gasteiger partial charge >= 0.3 is 5.97 Å². The Kier molecular flexibility index (Phi) is 8.15. The SMILES string of the molecule is C=CCC(CCCC(C)=O)OC(=O)C(OC)c1ccccc1. The highest BCUT2D eigenvalue weighted by Gasteiger charge is 2.24. The van der Waals surface area contributed by atoms with Gasteiger partial charge in [-0.15, -0.1) is 6.58 Å². The van der Waals surface area contributed by atoms with Gasteiger partial charge in [-0.05, 0) is 25.3 Å². The van der Waals surface area contributed by atoms with Gasteiger partial charge in [0.2, 0.25) is 0 Å². The molecule has 1 rings (SSSR count). The molecule has 2 atom stereocenters. The third-order valence-corrected chi connectivity index (χ3v) is 3.32. The normalized spacial score (nSPS) is 13.2. The van der Waals surface area contributed by atoms with E-state index in [4.69, 9.17) is 9.47 Å². The third-order valence-electron chi connectivity index (χ3n) is 3.32. The Morgan fingerprint density at radius 2 is 1.95 bits per heavy atom. The van der Waals surface area contributed by atoms with Crippen molar-refractivity contribution in [2.24, 2.45) is 0 Å². The fraction of sp³-hybridized carbons (Fsp3) is 0.444. The van der Waals surface area contributed by atoms with Crippen LogP contribution in [0.1, 0.15) is 44.3 Å². The van der Waals surface area contributed by atoms with Crippen LogP contribution in [-0.2, 0) is 19.1 Å². The highest BCUT2D eigenvalue weighted by Crippen LogP contribution is 2.20. The summed E-state index contributed by atoms with van der Waals surface area (Å²) in [5.41, 5.74) is 0.760. The molecular formula is C18H24O4. The molecule has 0 bridgehead atoms. The maximum absolute atomic E-state index is 12.3. The minimum atomic E-state index is -0.735. The summed E-state index contributed by atoms with van der Waals surface area (Å²) in [5, 5.41) is 0. The van der Waals surface area contributed by atoms with E-state index in [-0.39, 0.29) is 11.9 Å². The summed E-state index contributed by atoms with van der Waals surface area (Å²) in [7, 11) is 1.48. The molecule has 0 N–H and O–H groups in total. The van der Waals surface area contributed by atoms with Gasteiger partial charge in [0.25, 0.3) is 0 Å². The second kappa shape index (κ2) is 9.90. The van der Waals surface area contributed by atoms with Crippen LogP contribution in [0.2, 0.25) is 0 Å². The predicted molar refractivity (Wildman–Crippen MR) is 85.4 cm³/mol. The maximum Gasteiger partial charge on any atom is 0.340 e. The Morgan fingerprint density at radius 3 is 2.50 bits per heavy atom. The van der Waals surface area contributed by atoms with Crippen molar-refractivity contribution in [3.05, 3.63) is 48.6 Å². The number of carbonyl (C=O) groups is 2. The molecule has 0 saturated heterocycles. The molecule has 4 nitrogen and oxygen atoms in total. The van der Waals surface area contributed by atoms with Crippen LogP contribution in [0.3, 0.4) is 0 Å². The first-order chi connectivity index (χ1) is 10.6. The highest BCUT2D eigenvalue weighted by atomic mass is 16.6. The average molecular weight is 304 g/mol. The monoisotopic (exact) mass is 304 g/mol. The van der Waals surface area contributed by atoms with Gasteiger partial charge in [-0.2, -0.15) is 0 Å². The van der Waals surface area contributed by atoms with Gasteiger partial charge < -0.3 is 14.3 Å². The Labute approximate surface area is 132 Å². The summed E-state index contributed by atoms with van der Waals surface area (Å²) in [6.07, 6.45) is 3.11. The highest BCUT2D eigenvalue weighted by molar-refractivity contribution is 5.77. The minimum Gasteiger partial charge on any atom is -0.460 e. The number of rotatable bonds is 10. The van der Waals surface area contributed by atoms with Crippen LogP contribution in [0, 0.1) is 0 Å². The number of benzene rings is 1. The molecule has 1 aromatic carbocycles.